The standard InChI is InChI=1S/C18H18N2O2/c1-4-22-18(21)19-13-9-10-16-15-8-6-5-7-14(15)12(2)20(3)17(16)11-13/h5-11H,4H2,1-3H3/p+1. The fourth-order valence-corrected chi connectivity index (χ4v) is 2.79. The fourth-order valence-electron chi connectivity index (χ4n) is 2.79. The van der Waals surface area contributed by atoms with Gasteiger partial charge in [-0.25, -0.2) is 4.79 Å². The van der Waals surface area contributed by atoms with E-state index in [1.807, 2.05) is 31.3 Å². The second-order valence-electron chi connectivity index (χ2n) is 5.27. The summed E-state index contributed by atoms with van der Waals surface area (Å²) in [6.45, 7) is 4.25. The number of benzene rings is 2. The van der Waals surface area contributed by atoms with Gasteiger partial charge in [-0.1, -0.05) is 18.2 Å². The van der Waals surface area contributed by atoms with Gasteiger partial charge in [0, 0.05) is 23.8 Å². The Kier molecular flexibility index (Phi) is 3.67. The molecule has 1 aromatic heterocycles. The molecule has 0 saturated heterocycles. The van der Waals surface area contributed by atoms with Gasteiger partial charge in [0.1, 0.15) is 7.05 Å². The Hall–Kier alpha value is -2.62. The smallest absolute Gasteiger partial charge is 0.411 e. The lowest BCUT2D eigenvalue weighted by atomic mass is 10.0. The zero-order valence-corrected chi connectivity index (χ0v) is 13.0. The van der Waals surface area contributed by atoms with E-state index in [9.17, 15) is 4.79 Å². The van der Waals surface area contributed by atoms with E-state index < -0.39 is 6.09 Å². The predicted octanol–water partition coefficient (Wildman–Crippen LogP) is 3.69. The van der Waals surface area contributed by atoms with Crippen LogP contribution in [0.15, 0.2) is 42.5 Å². The number of anilines is 1. The molecule has 0 aliphatic carbocycles. The van der Waals surface area contributed by atoms with Gasteiger partial charge in [0.25, 0.3) is 0 Å². The quantitative estimate of drug-likeness (QED) is 0.578. The molecule has 0 fully saturated rings. The van der Waals surface area contributed by atoms with Crippen LogP contribution in [-0.4, -0.2) is 12.7 Å². The van der Waals surface area contributed by atoms with Gasteiger partial charge in [0.05, 0.1) is 17.7 Å². The zero-order chi connectivity index (χ0) is 15.7. The third kappa shape index (κ3) is 2.37. The third-order valence-electron chi connectivity index (χ3n) is 3.99. The van der Waals surface area contributed by atoms with Crippen molar-refractivity contribution in [1.29, 1.82) is 0 Å². The maximum atomic E-state index is 11.6. The van der Waals surface area contributed by atoms with Gasteiger partial charge in [-0.15, -0.1) is 0 Å². The van der Waals surface area contributed by atoms with Crippen LogP contribution in [0.4, 0.5) is 10.5 Å². The molecule has 3 rings (SSSR count). The van der Waals surface area contributed by atoms with Crippen molar-refractivity contribution >= 4 is 33.5 Å². The van der Waals surface area contributed by atoms with Gasteiger partial charge < -0.3 is 4.74 Å². The number of aromatic nitrogens is 1. The van der Waals surface area contributed by atoms with Crippen LogP contribution in [0.25, 0.3) is 21.7 Å². The Balaban J connectivity index is 2.18. The third-order valence-corrected chi connectivity index (χ3v) is 3.99. The molecule has 4 heteroatoms. The van der Waals surface area contributed by atoms with E-state index in [4.69, 9.17) is 4.74 Å². The summed E-state index contributed by atoms with van der Waals surface area (Å²) >= 11 is 0. The van der Waals surface area contributed by atoms with E-state index in [2.05, 4.69) is 35.0 Å². The topological polar surface area (TPSA) is 42.2 Å². The molecule has 0 radical (unpaired) electrons. The summed E-state index contributed by atoms with van der Waals surface area (Å²) < 4.78 is 7.07. The molecule has 0 unspecified atom stereocenters. The number of aryl methyl sites for hydroxylation is 2. The number of nitrogens with one attached hydrogen (secondary N) is 1. The molecular formula is C18H19N2O2+. The number of nitrogens with zero attached hydrogens (tertiary/aromatic N) is 1. The molecule has 0 aliphatic rings. The minimum absolute atomic E-state index is 0.358. The van der Waals surface area contributed by atoms with Crippen molar-refractivity contribution in [3.8, 4) is 0 Å². The summed E-state index contributed by atoms with van der Waals surface area (Å²) in [5.41, 5.74) is 3.00. The molecule has 22 heavy (non-hydrogen) atoms. The van der Waals surface area contributed by atoms with Gasteiger partial charge >= 0.3 is 6.09 Å². The Morgan fingerprint density at radius 3 is 2.59 bits per heavy atom. The van der Waals surface area contributed by atoms with Crippen molar-refractivity contribution < 1.29 is 14.1 Å². The van der Waals surface area contributed by atoms with E-state index >= 15 is 0 Å². The number of pyridine rings is 1. The normalized spacial score (nSPS) is 10.9. The lowest BCUT2D eigenvalue weighted by Gasteiger charge is -2.09. The van der Waals surface area contributed by atoms with Gasteiger partial charge in [-0.05, 0) is 25.1 Å². The highest BCUT2D eigenvalue weighted by Crippen LogP contribution is 2.26. The van der Waals surface area contributed by atoms with Gasteiger partial charge in [-0.3, -0.25) is 5.32 Å². The van der Waals surface area contributed by atoms with E-state index in [-0.39, 0.29) is 0 Å². The van der Waals surface area contributed by atoms with Crippen LogP contribution >= 0.6 is 0 Å². The summed E-state index contributed by atoms with van der Waals surface area (Å²) in [7, 11) is 2.04. The Morgan fingerprint density at radius 1 is 1.14 bits per heavy atom. The van der Waals surface area contributed by atoms with E-state index in [1.165, 1.54) is 16.5 Å². The van der Waals surface area contributed by atoms with Crippen LogP contribution in [0.2, 0.25) is 0 Å². The molecule has 1 N–H and O–H groups in total. The Morgan fingerprint density at radius 2 is 1.86 bits per heavy atom. The number of carbonyl (C=O) groups is 1. The first kappa shape index (κ1) is 14.3. The average molecular weight is 295 g/mol. The van der Waals surface area contributed by atoms with Gasteiger partial charge in [0.15, 0.2) is 5.69 Å². The zero-order valence-electron chi connectivity index (χ0n) is 13.0. The number of carbonyl (C=O) groups excluding carboxylic acids is 1. The largest absolute Gasteiger partial charge is 0.450 e. The molecule has 0 aliphatic heterocycles. The van der Waals surface area contributed by atoms with Crippen molar-refractivity contribution in [3.05, 3.63) is 48.2 Å². The van der Waals surface area contributed by atoms with Crippen molar-refractivity contribution in [2.45, 2.75) is 13.8 Å². The SMILES string of the molecule is CCOC(=O)Nc1ccc2c3ccccc3c(C)[n+](C)c2c1. The second kappa shape index (κ2) is 5.64. The maximum Gasteiger partial charge on any atom is 0.411 e. The number of rotatable bonds is 2. The fraction of sp³-hybridized carbons (Fsp3) is 0.222. The molecule has 0 saturated carbocycles. The highest BCUT2D eigenvalue weighted by atomic mass is 16.5. The molecule has 4 nitrogen and oxygen atoms in total. The van der Waals surface area contributed by atoms with Crippen LogP contribution in [0, 0.1) is 6.92 Å². The number of amides is 1. The van der Waals surface area contributed by atoms with Gasteiger partial charge in [-0.2, -0.15) is 4.57 Å². The van der Waals surface area contributed by atoms with Crippen LogP contribution in [0.5, 0.6) is 0 Å². The first-order valence-electron chi connectivity index (χ1n) is 7.36. The van der Waals surface area contributed by atoms with Crippen molar-refractivity contribution in [2.24, 2.45) is 7.05 Å². The van der Waals surface area contributed by atoms with Crippen LogP contribution < -0.4 is 9.88 Å². The lowest BCUT2D eigenvalue weighted by molar-refractivity contribution is -0.649. The molecule has 112 valence electrons. The molecule has 0 spiro atoms. The molecular weight excluding hydrogens is 276 g/mol. The Labute approximate surface area is 129 Å². The first-order valence-corrected chi connectivity index (χ1v) is 7.36. The van der Waals surface area contributed by atoms with Gasteiger partial charge in [0.2, 0.25) is 5.52 Å². The Bertz CT molecular complexity index is 872. The molecule has 1 amide bonds. The average Bonchev–Trinajstić information content (AvgIpc) is 2.53. The highest BCUT2D eigenvalue weighted by molar-refractivity contribution is 6.06. The number of hydrogen-bond donors (Lipinski definition) is 1. The number of ether oxygens (including phenoxy) is 1. The van der Waals surface area contributed by atoms with Crippen LogP contribution in [-0.2, 0) is 11.8 Å². The second-order valence-corrected chi connectivity index (χ2v) is 5.27. The summed E-state index contributed by atoms with van der Waals surface area (Å²) in [5, 5.41) is 6.38. The van der Waals surface area contributed by atoms with E-state index in [0.29, 0.717) is 6.61 Å². The number of fused-ring (bicyclic) bond motifs is 3. The maximum absolute atomic E-state index is 11.6. The van der Waals surface area contributed by atoms with Crippen LogP contribution in [0.1, 0.15) is 12.6 Å². The molecule has 0 bridgehead atoms. The molecule has 2 aromatic carbocycles. The predicted molar refractivity (Wildman–Crippen MR) is 88.0 cm³/mol. The van der Waals surface area contributed by atoms with Crippen LogP contribution in [0.3, 0.4) is 0 Å². The summed E-state index contributed by atoms with van der Waals surface area (Å²) in [6, 6.07) is 14.3. The monoisotopic (exact) mass is 295 g/mol. The van der Waals surface area contributed by atoms with E-state index in [1.54, 1.807) is 6.92 Å². The van der Waals surface area contributed by atoms with Crippen molar-refractivity contribution in [2.75, 3.05) is 11.9 Å². The first-order chi connectivity index (χ1) is 10.6. The van der Waals surface area contributed by atoms with Crippen molar-refractivity contribution in [1.82, 2.24) is 0 Å². The lowest BCUT2D eigenvalue weighted by Crippen LogP contribution is -2.33. The highest BCUT2D eigenvalue weighted by Gasteiger charge is 2.16. The summed E-state index contributed by atoms with van der Waals surface area (Å²) in [4.78, 5) is 11.6. The summed E-state index contributed by atoms with van der Waals surface area (Å²) in [5.74, 6) is 0. The minimum Gasteiger partial charge on any atom is -0.450 e. The number of hydrogen-bond acceptors (Lipinski definition) is 2. The molecule has 1 heterocycles. The van der Waals surface area contributed by atoms with E-state index in [0.717, 1.165) is 16.6 Å². The molecule has 0 atom stereocenters. The summed E-state index contributed by atoms with van der Waals surface area (Å²) in [6.07, 6.45) is -0.429. The minimum atomic E-state index is -0.429. The molecule has 3 aromatic rings. The van der Waals surface area contributed by atoms with Crippen molar-refractivity contribution in [3.63, 3.8) is 0 Å².